The Morgan fingerprint density at radius 2 is 1.74 bits per heavy atom. The average Bonchev–Trinajstić information content (AvgIpc) is 3.28. The van der Waals surface area contributed by atoms with Gasteiger partial charge in [0, 0.05) is 31.1 Å². The minimum Gasteiger partial charge on any atom is -0.465 e. The predicted octanol–water partition coefficient (Wildman–Crippen LogP) is 1.58. The summed E-state index contributed by atoms with van der Waals surface area (Å²) in [7, 11) is -3.06. The Labute approximate surface area is 159 Å². The monoisotopic (exact) mass is 394 g/mol. The standard InChI is InChI=1S/C18H26N4O4S/c1-12(2)18-20-19-17(26-18)9-22-7-6-21(8-14-5-4-13(3)25-14)15-10-27(23,24)11-16(15)22/h4-5,12,15-16H,6-11H2,1-3H3/t15-,16+/m0/s1. The number of aromatic nitrogens is 2. The third-order valence-corrected chi connectivity index (χ3v) is 7.07. The van der Waals surface area contributed by atoms with Gasteiger partial charge in [-0.2, -0.15) is 0 Å². The van der Waals surface area contributed by atoms with Crippen molar-refractivity contribution in [2.45, 2.75) is 51.9 Å². The third-order valence-electron chi connectivity index (χ3n) is 5.38. The van der Waals surface area contributed by atoms with Crippen molar-refractivity contribution in [3.05, 3.63) is 35.4 Å². The molecule has 2 aromatic rings. The van der Waals surface area contributed by atoms with E-state index in [1.165, 1.54) is 0 Å². The zero-order valence-corrected chi connectivity index (χ0v) is 16.8. The van der Waals surface area contributed by atoms with Gasteiger partial charge in [-0.3, -0.25) is 9.80 Å². The largest absolute Gasteiger partial charge is 0.465 e. The molecule has 8 nitrogen and oxygen atoms in total. The van der Waals surface area contributed by atoms with E-state index in [4.69, 9.17) is 8.83 Å². The van der Waals surface area contributed by atoms with Crippen LogP contribution in [0.25, 0.3) is 0 Å². The number of hydrogen-bond acceptors (Lipinski definition) is 8. The Hall–Kier alpha value is -1.71. The van der Waals surface area contributed by atoms with Crippen molar-refractivity contribution in [1.82, 2.24) is 20.0 Å². The van der Waals surface area contributed by atoms with E-state index in [1.54, 1.807) is 0 Å². The van der Waals surface area contributed by atoms with Crippen molar-refractivity contribution in [2.75, 3.05) is 24.6 Å². The molecule has 0 aliphatic carbocycles. The Morgan fingerprint density at radius 3 is 2.30 bits per heavy atom. The number of furan rings is 1. The summed E-state index contributed by atoms with van der Waals surface area (Å²) in [5, 5.41) is 8.22. The quantitative estimate of drug-likeness (QED) is 0.755. The summed E-state index contributed by atoms with van der Waals surface area (Å²) >= 11 is 0. The maximum Gasteiger partial charge on any atom is 0.230 e. The second kappa shape index (κ2) is 7.03. The second-order valence-corrected chi connectivity index (χ2v) is 10.0. The van der Waals surface area contributed by atoms with E-state index in [0.717, 1.165) is 24.6 Å². The Kier molecular flexibility index (Phi) is 4.85. The van der Waals surface area contributed by atoms with Crippen LogP contribution in [0.5, 0.6) is 0 Å². The van der Waals surface area contributed by atoms with E-state index >= 15 is 0 Å². The number of hydrogen-bond donors (Lipinski definition) is 0. The van der Waals surface area contributed by atoms with Crippen molar-refractivity contribution in [3.8, 4) is 0 Å². The molecule has 2 aliphatic rings. The summed E-state index contributed by atoms with van der Waals surface area (Å²) in [6.07, 6.45) is 0. The van der Waals surface area contributed by atoms with Crippen LogP contribution in [0.3, 0.4) is 0 Å². The molecule has 0 N–H and O–H groups in total. The minimum absolute atomic E-state index is 0.0401. The number of piperazine rings is 1. The van der Waals surface area contributed by atoms with Crippen LogP contribution in [0.15, 0.2) is 21.0 Å². The molecule has 2 aliphatic heterocycles. The molecule has 2 saturated heterocycles. The summed E-state index contributed by atoms with van der Waals surface area (Å²) in [6.45, 7) is 8.59. The normalized spacial score (nSPS) is 25.9. The van der Waals surface area contributed by atoms with Crippen LogP contribution in [-0.4, -0.2) is 65.1 Å². The fourth-order valence-electron chi connectivity index (χ4n) is 4.00. The highest BCUT2D eigenvalue weighted by Gasteiger charge is 2.46. The predicted molar refractivity (Wildman–Crippen MR) is 98.9 cm³/mol. The lowest BCUT2D eigenvalue weighted by atomic mass is 10.0. The topological polar surface area (TPSA) is 92.7 Å². The summed E-state index contributed by atoms with van der Waals surface area (Å²) in [5.41, 5.74) is 0. The summed E-state index contributed by atoms with van der Waals surface area (Å²) in [5.74, 6) is 3.47. The molecule has 0 spiro atoms. The average molecular weight is 394 g/mol. The fourth-order valence-corrected chi connectivity index (χ4v) is 6.04. The Morgan fingerprint density at radius 1 is 1.07 bits per heavy atom. The van der Waals surface area contributed by atoms with Crippen molar-refractivity contribution in [1.29, 1.82) is 0 Å². The lowest BCUT2D eigenvalue weighted by Gasteiger charge is -2.43. The molecule has 0 bridgehead atoms. The molecule has 148 valence electrons. The number of rotatable bonds is 5. The summed E-state index contributed by atoms with van der Waals surface area (Å²) in [4.78, 5) is 4.41. The van der Waals surface area contributed by atoms with Crippen LogP contribution >= 0.6 is 0 Å². The zero-order valence-electron chi connectivity index (χ0n) is 16.0. The highest BCUT2D eigenvalue weighted by molar-refractivity contribution is 7.91. The van der Waals surface area contributed by atoms with E-state index in [-0.39, 0.29) is 29.5 Å². The number of sulfone groups is 1. The molecular formula is C18H26N4O4S. The molecular weight excluding hydrogens is 368 g/mol. The van der Waals surface area contributed by atoms with Crippen LogP contribution in [0.2, 0.25) is 0 Å². The van der Waals surface area contributed by atoms with Gasteiger partial charge in [-0.1, -0.05) is 13.8 Å². The van der Waals surface area contributed by atoms with Gasteiger partial charge >= 0.3 is 0 Å². The smallest absolute Gasteiger partial charge is 0.230 e. The molecule has 4 heterocycles. The van der Waals surface area contributed by atoms with Crippen molar-refractivity contribution in [2.24, 2.45) is 0 Å². The van der Waals surface area contributed by atoms with Gasteiger partial charge in [0.25, 0.3) is 0 Å². The van der Waals surface area contributed by atoms with E-state index in [9.17, 15) is 8.42 Å². The number of aryl methyl sites for hydroxylation is 1. The van der Waals surface area contributed by atoms with Gasteiger partial charge in [-0.15, -0.1) is 10.2 Å². The lowest BCUT2D eigenvalue weighted by molar-refractivity contribution is 0.0268. The van der Waals surface area contributed by atoms with Gasteiger partial charge < -0.3 is 8.83 Å². The van der Waals surface area contributed by atoms with Gasteiger partial charge in [0.2, 0.25) is 11.8 Å². The first kappa shape index (κ1) is 18.6. The fraction of sp³-hybridized carbons (Fsp3) is 0.667. The van der Waals surface area contributed by atoms with Crippen LogP contribution in [0.1, 0.15) is 43.1 Å². The summed E-state index contributed by atoms with van der Waals surface area (Å²) in [6, 6.07) is 3.80. The second-order valence-electron chi connectivity index (χ2n) is 7.85. The van der Waals surface area contributed by atoms with E-state index in [2.05, 4.69) is 20.0 Å². The highest BCUT2D eigenvalue weighted by Crippen LogP contribution is 2.29. The minimum atomic E-state index is -3.06. The SMILES string of the molecule is Cc1ccc(CN2CCN(Cc3nnc(C(C)C)o3)[C@@H]3CS(=O)(=O)C[C@@H]32)o1. The van der Waals surface area contributed by atoms with E-state index in [1.807, 2.05) is 32.9 Å². The van der Waals surface area contributed by atoms with Crippen molar-refractivity contribution in [3.63, 3.8) is 0 Å². The first-order chi connectivity index (χ1) is 12.8. The van der Waals surface area contributed by atoms with Crippen LogP contribution in [0.4, 0.5) is 0 Å². The molecule has 0 unspecified atom stereocenters. The van der Waals surface area contributed by atoms with Crippen LogP contribution in [-0.2, 0) is 22.9 Å². The third kappa shape index (κ3) is 3.95. The van der Waals surface area contributed by atoms with E-state index < -0.39 is 9.84 Å². The van der Waals surface area contributed by atoms with Gasteiger partial charge in [0.15, 0.2) is 9.84 Å². The van der Waals surface area contributed by atoms with Crippen LogP contribution in [0, 0.1) is 6.92 Å². The Balaban J connectivity index is 1.50. The Bertz CT molecular complexity index is 904. The molecule has 9 heteroatoms. The maximum absolute atomic E-state index is 12.4. The summed E-state index contributed by atoms with van der Waals surface area (Å²) < 4.78 is 36.2. The molecule has 0 saturated carbocycles. The number of fused-ring (bicyclic) bond motifs is 1. The maximum atomic E-state index is 12.4. The molecule has 4 rings (SSSR count). The van der Waals surface area contributed by atoms with Crippen LogP contribution < -0.4 is 0 Å². The molecule has 2 aromatic heterocycles. The molecule has 2 fully saturated rings. The highest BCUT2D eigenvalue weighted by atomic mass is 32.2. The van der Waals surface area contributed by atoms with Gasteiger partial charge in [-0.05, 0) is 19.1 Å². The van der Waals surface area contributed by atoms with Gasteiger partial charge in [0.05, 0.1) is 24.6 Å². The number of nitrogens with zero attached hydrogens (tertiary/aromatic N) is 4. The molecule has 0 radical (unpaired) electrons. The first-order valence-corrected chi connectivity index (χ1v) is 11.2. The van der Waals surface area contributed by atoms with E-state index in [0.29, 0.717) is 24.9 Å². The zero-order chi connectivity index (χ0) is 19.2. The molecule has 0 aromatic carbocycles. The molecule has 0 amide bonds. The van der Waals surface area contributed by atoms with Crippen molar-refractivity contribution < 1.29 is 17.3 Å². The molecule has 2 atom stereocenters. The van der Waals surface area contributed by atoms with Gasteiger partial charge in [0.1, 0.15) is 11.5 Å². The first-order valence-electron chi connectivity index (χ1n) is 9.37. The molecule has 27 heavy (non-hydrogen) atoms. The van der Waals surface area contributed by atoms with Gasteiger partial charge in [-0.25, -0.2) is 8.42 Å². The van der Waals surface area contributed by atoms with Crippen molar-refractivity contribution >= 4 is 9.84 Å². The lowest BCUT2D eigenvalue weighted by Crippen LogP contribution is -2.58.